The highest BCUT2D eigenvalue weighted by molar-refractivity contribution is 6.02. The number of nitrogens with zero attached hydrogens (tertiary/aromatic N) is 2. The first kappa shape index (κ1) is 16.7. The van der Waals surface area contributed by atoms with Crippen LogP contribution in [0.3, 0.4) is 0 Å². The Bertz CT molecular complexity index is 658. The summed E-state index contributed by atoms with van der Waals surface area (Å²) < 4.78 is 5.33. The fourth-order valence-corrected chi connectivity index (χ4v) is 3.31. The predicted molar refractivity (Wildman–Crippen MR) is 90.0 cm³/mol. The van der Waals surface area contributed by atoms with Gasteiger partial charge in [0.05, 0.1) is 25.9 Å². The van der Waals surface area contributed by atoms with Crippen LogP contribution in [-0.4, -0.2) is 60.8 Å². The van der Waals surface area contributed by atoms with Gasteiger partial charge in [-0.1, -0.05) is 6.58 Å². The lowest BCUT2D eigenvalue weighted by atomic mass is 9.98. The molecular formula is C18H22N2O4. The molecule has 3 rings (SSSR count). The van der Waals surface area contributed by atoms with Crippen molar-refractivity contribution in [2.24, 2.45) is 0 Å². The summed E-state index contributed by atoms with van der Waals surface area (Å²) in [7, 11) is 0. The molecule has 0 aliphatic carbocycles. The molecule has 0 radical (unpaired) electrons. The van der Waals surface area contributed by atoms with Crippen molar-refractivity contribution in [1.82, 2.24) is 4.90 Å². The summed E-state index contributed by atoms with van der Waals surface area (Å²) in [6, 6.07) is 5.14. The molecule has 2 aliphatic rings. The van der Waals surface area contributed by atoms with Crippen LogP contribution >= 0.6 is 0 Å². The number of hydrogen-bond acceptors (Lipinski definition) is 4. The molecule has 1 N–H and O–H groups in total. The lowest BCUT2D eigenvalue weighted by molar-refractivity contribution is -0.114. The monoisotopic (exact) mass is 330 g/mol. The maximum Gasteiger partial charge on any atom is 0.254 e. The summed E-state index contributed by atoms with van der Waals surface area (Å²) in [5, 5.41) is 9.44. The van der Waals surface area contributed by atoms with Crippen LogP contribution in [0.15, 0.2) is 30.9 Å². The van der Waals surface area contributed by atoms with Crippen LogP contribution in [0.2, 0.25) is 0 Å². The molecule has 0 bridgehead atoms. The van der Waals surface area contributed by atoms with Crippen molar-refractivity contribution in [2.75, 3.05) is 37.8 Å². The van der Waals surface area contributed by atoms with Gasteiger partial charge in [0.25, 0.3) is 5.91 Å². The summed E-state index contributed by atoms with van der Waals surface area (Å²) in [6.07, 6.45) is 3.01. The number of carbonyl (C=O) groups excluding carboxylic acids is 2. The Morgan fingerprint density at radius 1 is 1.38 bits per heavy atom. The first-order valence-electron chi connectivity index (χ1n) is 8.22. The van der Waals surface area contributed by atoms with E-state index >= 15 is 0 Å². The van der Waals surface area contributed by atoms with Gasteiger partial charge in [-0.15, -0.1) is 0 Å². The Hall–Kier alpha value is -2.18. The molecule has 128 valence electrons. The molecule has 0 saturated carbocycles. The van der Waals surface area contributed by atoms with Crippen molar-refractivity contribution in [2.45, 2.75) is 18.9 Å². The topological polar surface area (TPSA) is 70.1 Å². The van der Waals surface area contributed by atoms with Crippen LogP contribution in [0.5, 0.6) is 0 Å². The number of rotatable bonds is 3. The number of aliphatic hydroxyl groups excluding tert-OH is 1. The molecule has 2 amide bonds. The first-order valence-corrected chi connectivity index (χ1v) is 8.22. The zero-order chi connectivity index (χ0) is 17.1. The molecule has 24 heavy (non-hydrogen) atoms. The van der Waals surface area contributed by atoms with Crippen LogP contribution in [-0.2, 0) is 16.0 Å². The van der Waals surface area contributed by atoms with Gasteiger partial charge in [0, 0.05) is 24.3 Å². The van der Waals surface area contributed by atoms with E-state index in [9.17, 15) is 14.7 Å². The number of aryl methyl sites for hydroxylation is 1. The lowest BCUT2D eigenvalue weighted by Crippen LogP contribution is -2.50. The van der Waals surface area contributed by atoms with Gasteiger partial charge in [0.1, 0.15) is 0 Å². The number of fused-ring (bicyclic) bond motifs is 1. The van der Waals surface area contributed by atoms with E-state index in [0.717, 1.165) is 24.1 Å². The second-order valence-corrected chi connectivity index (χ2v) is 6.05. The van der Waals surface area contributed by atoms with E-state index in [0.29, 0.717) is 31.9 Å². The number of benzene rings is 1. The largest absolute Gasteiger partial charge is 0.394 e. The zero-order valence-corrected chi connectivity index (χ0v) is 13.6. The Balaban J connectivity index is 1.86. The molecule has 1 fully saturated rings. The minimum absolute atomic E-state index is 0.104. The van der Waals surface area contributed by atoms with Crippen LogP contribution in [0, 0.1) is 0 Å². The first-order chi connectivity index (χ1) is 11.7. The third-order valence-electron chi connectivity index (χ3n) is 4.58. The molecule has 1 aromatic carbocycles. The van der Waals surface area contributed by atoms with Gasteiger partial charge in [0.15, 0.2) is 0 Å². The maximum absolute atomic E-state index is 12.8. The molecule has 2 aliphatic heterocycles. The number of ether oxygens (including phenoxy) is 1. The van der Waals surface area contributed by atoms with Gasteiger partial charge in [-0.3, -0.25) is 9.59 Å². The van der Waals surface area contributed by atoms with Crippen LogP contribution in [0.25, 0.3) is 0 Å². The standard InChI is InChI=1S/C18H22N2O4/c1-2-17(22)20-7-3-4-13-10-14(5-6-16(13)20)18(23)19-8-9-24-12-15(19)11-21/h2,5-6,10,15,21H,1,3-4,7-9,11-12H2. The summed E-state index contributed by atoms with van der Waals surface area (Å²) >= 11 is 0. The Labute approximate surface area is 141 Å². The minimum Gasteiger partial charge on any atom is -0.394 e. The third kappa shape index (κ3) is 3.07. The number of carbonyl (C=O) groups is 2. The summed E-state index contributed by atoms with van der Waals surface area (Å²) in [4.78, 5) is 28.1. The van der Waals surface area contributed by atoms with Gasteiger partial charge < -0.3 is 19.6 Å². The molecule has 6 heteroatoms. The van der Waals surface area contributed by atoms with Gasteiger partial charge in [-0.05, 0) is 42.7 Å². The van der Waals surface area contributed by atoms with E-state index in [1.54, 1.807) is 15.9 Å². The highest BCUT2D eigenvalue weighted by atomic mass is 16.5. The lowest BCUT2D eigenvalue weighted by Gasteiger charge is -2.35. The Kier molecular flexibility index (Phi) is 4.97. The molecule has 6 nitrogen and oxygen atoms in total. The van der Waals surface area contributed by atoms with E-state index in [-0.39, 0.29) is 24.5 Å². The van der Waals surface area contributed by atoms with Crippen molar-refractivity contribution < 1.29 is 19.4 Å². The smallest absolute Gasteiger partial charge is 0.254 e. The van der Waals surface area contributed by atoms with Gasteiger partial charge in [-0.2, -0.15) is 0 Å². The number of amides is 2. The van der Waals surface area contributed by atoms with E-state index in [1.807, 2.05) is 12.1 Å². The summed E-state index contributed by atoms with van der Waals surface area (Å²) in [5.74, 6) is -0.226. The SMILES string of the molecule is C=CC(=O)N1CCCc2cc(C(=O)N3CCOCC3CO)ccc21. The summed E-state index contributed by atoms with van der Waals surface area (Å²) in [6.45, 7) is 5.41. The van der Waals surface area contributed by atoms with Crippen molar-refractivity contribution >= 4 is 17.5 Å². The van der Waals surface area contributed by atoms with E-state index in [4.69, 9.17) is 4.74 Å². The maximum atomic E-state index is 12.8. The highest BCUT2D eigenvalue weighted by Crippen LogP contribution is 2.29. The molecule has 1 unspecified atom stereocenters. The normalized spacial score (nSPS) is 20.5. The number of anilines is 1. The number of hydrogen-bond donors (Lipinski definition) is 1. The van der Waals surface area contributed by atoms with Crippen molar-refractivity contribution in [3.05, 3.63) is 42.0 Å². The molecular weight excluding hydrogens is 308 g/mol. The van der Waals surface area contributed by atoms with Crippen LogP contribution in [0.4, 0.5) is 5.69 Å². The third-order valence-corrected chi connectivity index (χ3v) is 4.58. The fourth-order valence-electron chi connectivity index (χ4n) is 3.31. The van der Waals surface area contributed by atoms with E-state index < -0.39 is 0 Å². The van der Waals surface area contributed by atoms with Crippen molar-refractivity contribution in [1.29, 1.82) is 0 Å². The van der Waals surface area contributed by atoms with Crippen molar-refractivity contribution in [3.63, 3.8) is 0 Å². The zero-order valence-electron chi connectivity index (χ0n) is 13.6. The van der Waals surface area contributed by atoms with E-state index in [1.165, 1.54) is 6.08 Å². The van der Waals surface area contributed by atoms with Crippen LogP contribution < -0.4 is 4.90 Å². The van der Waals surface area contributed by atoms with Crippen LogP contribution in [0.1, 0.15) is 22.3 Å². The molecule has 0 aromatic heterocycles. The van der Waals surface area contributed by atoms with Gasteiger partial charge >= 0.3 is 0 Å². The quantitative estimate of drug-likeness (QED) is 0.839. The Morgan fingerprint density at radius 3 is 2.96 bits per heavy atom. The van der Waals surface area contributed by atoms with E-state index in [2.05, 4.69) is 6.58 Å². The van der Waals surface area contributed by atoms with Gasteiger partial charge in [-0.25, -0.2) is 0 Å². The van der Waals surface area contributed by atoms with Crippen molar-refractivity contribution in [3.8, 4) is 0 Å². The molecule has 1 aromatic rings. The number of morpholine rings is 1. The summed E-state index contributed by atoms with van der Waals surface area (Å²) in [5.41, 5.74) is 2.43. The molecule has 1 saturated heterocycles. The Morgan fingerprint density at radius 2 is 2.21 bits per heavy atom. The second kappa shape index (κ2) is 7.15. The molecule has 0 spiro atoms. The molecule has 1 atom stereocenters. The highest BCUT2D eigenvalue weighted by Gasteiger charge is 2.29. The second-order valence-electron chi connectivity index (χ2n) is 6.05. The fraction of sp³-hybridized carbons (Fsp3) is 0.444. The minimum atomic E-state index is -0.305. The average molecular weight is 330 g/mol. The number of aliphatic hydroxyl groups is 1. The molecule has 2 heterocycles. The van der Waals surface area contributed by atoms with Gasteiger partial charge in [0.2, 0.25) is 5.91 Å². The average Bonchev–Trinajstić information content (AvgIpc) is 2.65. The predicted octanol–water partition coefficient (Wildman–Crippen LogP) is 0.985.